The molecule has 6 nitrogen and oxygen atoms in total. The quantitative estimate of drug-likeness (QED) is 0.872. The molecule has 2 heterocycles. The van der Waals surface area contributed by atoms with Gasteiger partial charge in [0.05, 0.1) is 6.61 Å². The van der Waals surface area contributed by atoms with Crippen LogP contribution < -0.4 is 0 Å². The van der Waals surface area contributed by atoms with Crippen molar-refractivity contribution in [3.05, 3.63) is 17.5 Å². The number of aliphatic hydroxyl groups is 1. The summed E-state index contributed by atoms with van der Waals surface area (Å²) in [4.78, 5) is 0. The van der Waals surface area contributed by atoms with Crippen LogP contribution in [0.25, 0.3) is 0 Å². The Balaban J connectivity index is 2.14. The first-order valence-corrected chi connectivity index (χ1v) is 7.66. The Morgan fingerprint density at radius 1 is 1.56 bits per heavy atom. The summed E-state index contributed by atoms with van der Waals surface area (Å²) in [5, 5.41) is 13.0. The normalized spacial score (nSPS) is 22.2. The van der Waals surface area contributed by atoms with Crippen molar-refractivity contribution in [2.45, 2.75) is 38.0 Å². The van der Waals surface area contributed by atoms with Crippen LogP contribution in [0.15, 0.2) is 10.6 Å². The van der Waals surface area contributed by atoms with Gasteiger partial charge in [-0.25, -0.2) is 8.42 Å². The Morgan fingerprint density at radius 2 is 2.33 bits per heavy atom. The van der Waals surface area contributed by atoms with Crippen molar-refractivity contribution in [2.75, 3.05) is 13.2 Å². The van der Waals surface area contributed by atoms with Crippen LogP contribution in [0.2, 0.25) is 0 Å². The van der Waals surface area contributed by atoms with Gasteiger partial charge < -0.3 is 9.63 Å². The Hall–Kier alpha value is -0.920. The number of sulfonamides is 1. The summed E-state index contributed by atoms with van der Waals surface area (Å²) >= 11 is 0. The summed E-state index contributed by atoms with van der Waals surface area (Å²) in [7, 11) is -3.43. The van der Waals surface area contributed by atoms with E-state index < -0.39 is 10.0 Å². The summed E-state index contributed by atoms with van der Waals surface area (Å²) in [6, 6.07) is 1.33. The fourth-order valence-corrected chi connectivity index (χ4v) is 3.99. The maximum atomic E-state index is 12.3. The third-order valence-electron chi connectivity index (χ3n) is 3.15. The van der Waals surface area contributed by atoms with Gasteiger partial charge in [0.1, 0.15) is 17.2 Å². The van der Waals surface area contributed by atoms with Crippen LogP contribution in [0.4, 0.5) is 0 Å². The molecule has 1 fully saturated rings. The minimum atomic E-state index is -3.43. The Kier molecular flexibility index (Phi) is 4.04. The topological polar surface area (TPSA) is 83.6 Å². The van der Waals surface area contributed by atoms with Crippen molar-refractivity contribution in [3.8, 4) is 0 Å². The van der Waals surface area contributed by atoms with Crippen molar-refractivity contribution in [2.24, 2.45) is 0 Å². The first kappa shape index (κ1) is 13.5. The van der Waals surface area contributed by atoms with Crippen LogP contribution in [-0.4, -0.2) is 42.2 Å². The fraction of sp³-hybridized carbons (Fsp3) is 0.727. The summed E-state index contributed by atoms with van der Waals surface area (Å²) in [5.74, 6) is 0.429. The number of nitrogens with zero attached hydrogens (tertiary/aromatic N) is 2. The van der Waals surface area contributed by atoms with Gasteiger partial charge in [-0.1, -0.05) is 11.6 Å². The third kappa shape index (κ3) is 2.90. The van der Waals surface area contributed by atoms with Crippen LogP contribution in [0.5, 0.6) is 0 Å². The van der Waals surface area contributed by atoms with Crippen LogP contribution in [0.1, 0.15) is 30.7 Å². The zero-order chi connectivity index (χ0) is 13.2. The average Bonchev–Trinajstić information content (AvgIpc) is 2.74. The highest BCUT2D eigenvalue weighted by molar-refractivity contribution is 7.88. The van der Waals surface area contributed by atoms with Crippen LogP contribution in [0.3, 0.4) is 0 Å². The van der Waals surface area contributed by atoms with Crippen molar-refractivity contribution in [1.82, 2.24) is 9.46 Å². The molecule has 1 aromatic heterocycles. The predicted octanol–water partition coefficient (Wildman–Crippen LogP) is 0.660. The highest BCUT2D eigenvalue weighted by Crippen LogP contribution is 2.22. The summed E-state index contributed by atoms with van der Waals surface area (Å²) in [6.07, 6.45) is 2.52. The van der Waals surface area contributed by atoms with Crippen molar-refractivity contribution >= 4 is 10.0 Å². The molecule has 18 heavy (non-hydrogen) atoms. The molecule has 1 unspecified atom stereocenters. The lowest BCUT2D eigenvalue weighted by Crippen LogP contribution is -2.46. The van der Waals surface area contributed by atoms with E-state index in [2.05, 4.69) is 5.16 Å². The van der Waals surface area contributed by atoms with Gasteiger partial charge in [-0.05, 0) is 19.8 Å². The lowest BCUT2D eigenvalue weighted by molar-refractivity contribution is 0.155. The van der Waals surface area contributed by atoms with Crippen LogP contribution >= 0.6 is 0 Å². The van der Waals surface area contributed by atoms with E-state index in [0.717, 1.165) is 12.8 Å². The molecule has 0 radical (unpaired) electrons. The van der Waals surface area contributed by atoms with E-state index >= 15 is 0 Å². The molecule has 1 atom stereocenters. The standard InChI is InChI=1S/C11H18N2O4S/c1-9-6-10(12-17-9)8-18(15,16)13-5-3-2-4-11(13)7-14/h6,11,14H,2-5,7-8H2,1H3. The molecule has 1 aromatic rings. The summed E-state index contributed by atoms with van der Waals surface area (Å²) in [5.41, 5.74) is 0.412. The zero-order valence-electron chi connectivity index (χ0n) is 10.4. The highest BCUT2D eigenvalue weighted by atomic mass is 32.2. The number of aryl methyl sites for hydroxylation is 1. The van der Waals surface area contributed by atoms with Crippen LogP contribution in [0, 0.1) is 6.92 Å². The number of hydrogen-bond acceptors (Lipinski definition) is 5. The van der Waals surface area contributed by atoms with E-state index in [1.54, 1.807) is 13.0 Å². The number of rotatable bonds is 4. The summed E-state index contributed by atoms with van der Waals surface area (Å²) in [6.45, 7) is 2.07. The molecule has 0 spiro atoms. The third-order valence-corrected chi connectivity index (χ3v) is 5.00. The molecule has 1 aliphatic heterocycles. The number of hydrogen-bond donors (Lipinski definition) is 1. The van der Waals surface area contributed by atoms with Gasteiger partial charge in [0.25, 0.3) is 0 Å². The second kappa shape index (κ2) is 5.38. The Labute approximate surface area is 107 Å². The summed E-state index contributed by atoms with van der Waals surface area (Å²) < 4.78 is 30.8. The lowest BCUT2D eigenvalue weighted by Gasteiger charge is -2.33. The highest BCUT2D eigenvalue weighted by Gasteiger charge is 2.32. The predicted molar refractivity (Wildman–Crippen MR) is 65.3 cm³/mol. The van der Waals surface area contributed by atoms with Gasteiger partial charge in [-0.15, -0.1) is 0 Å². The van der Waals surface area contributed by atoms with Gasteiger partial charge in [0, 0.05) is 18.7 Å². The second-order valence-corrected chi connectivity index (χ2v) is 6.55. The van der Waals surface area contributed by atoms with E-state index in [0.29, 0.717) is 24.4 Å². The van der Waals surface area contributed by atoms with Crippen molar-refractivity contribution in [3.63, 3.8) is 0 Å². The maximum absolute atomic E-state index is 12.3. The first-order chi connectivity index (χ1) is 8.53. The molecular weight excluding hydrogens is 256 g/mol. The van der Waals surface area contributed by atoms with Gasteiger partial charge in [0.2, 0.25) is 10.0 Å². The molecule has 7 heteroatoms. The average molecular weight is 274 g/mol. The van der Waals surface area contributed by atoms with E-state index in [4.69, 9.17) is 4.52 Å². The molecular formula is C11H18N2O4S. The van der Waals surface area contributed by atoms with Crippen molar-refractivity contribution < 1.29 is 18.0 Å². The number of piperidine rings is 1. The van der Waals surface area contributed by atoms with E-state index in [1.165, 1.54) is 4.31 Å². The van der Waals surface area contributed by atoms with E-state index in [9.17, 15) is 13.5 Å². The van der Waals surface area contributed by atoms with Gasteiger partial charge in [-0.3, -0.25) is 0 Å². The van der Waals surface area contributed by atoms with Gasteiger partial charge in [-0.2, -0.15) is 4.31 Å². The smallest absolute Gasteiger partial charge is 0.220 e. The molecule has 0 bridgehead atoms. The molecule has 0 aromatic carbocycles. The van der Waals surface area contributed by atoms with Crippen molar-refractivity contribution in [1.29, 1.82) is 0 Å². The number of aliphatic hydroxyl groups excluding tert-OH is 1. The Bertz CT molecular complexity index is 497. The Morgan fingerprint density at radius 3 is 2.94 bits per heavy atom. The monoisotopic (exact) mass is 274 g/mol. The molecule has 1 saturated heterocycles. The molecule has 1 N–H and O–H groups in total. The fourth-order valence-electron chi connectivity index (χ4n) is 2.28. The zero-order valence-corrected chi connectivity index (χ0v) is 11.2. The molecule has 1 aliphatic rings. The SMILES string of the molecule is Cc1cc(CS(=O)(=O)N2CCCCC2CO)no1. The van der Waals surface area contributed by atoms with E-state index in [-0.39, 0.29) is 18.4 Å². The minimum absolute atomic E-state index is 0.128. The lowest BCUT2D eigenvalue weighted by atomic mass is 10.1. The molecule has 0 amide bonds. The van der Waals surface area contributed by atoms with E-state index in [1.807, 2.05) is 0 Å². The second-order valence-electron chi connectivity index (χ2n) is 4.63. The minimum Gasteiger partial charge on any atom is -0.395 e. The largest absolute Gasteiger partial charge is 0.395 e. The maximum Gasteiger partial charge on any atom is 0.220 e. The van der Waals surface area contributed by atoms with Gasteiger partial charge in [0.15, 0.2) is 0 Å². The first-order valence-electron chi connectivity index (χ1n) is 6.05. The molecule has 0 saturated carbocycles. The molecule has 0 aliphatic carbocycles. The number of aromatic nitrogens is 1. The van der Waals surface area contributed by atoms with Gasteiger partial charge >= 0.3 is 0 Å². The van der Waals surface area contributed by atoms with Crippen LogP contribution in [-0.2, 0) is 15.8 Å². The molecule has 102 valence electrons. The molecule has 2 rings (SSSR count).